The molecule has 0 aliphatic rings. The molecule has 5 nitrogen and oxygen atoms in total. The van der Waals surface area contributed by atoms with Crippen LogP contribution in [0.15, 0.2) is 23.2 Å². The van der Waals surface area contributed by atoms with Crippen molar-refractivity contribution in [3.63, 3.8) is 0 Å². The van der Waals surface area contributed by atoms with Gasteiger partial charge in [0.15, 0.2) is 5.96 Å². The van der Waals surface area contributed by atoms with E-state index >= 15 is 0 Å². The molecule has 0 fully saturated rings. The summed E-state index contributed by atoms with van der Waals surface area (Å²) in [6, 6.07) is 6.17. The number of halogens is 1. The summed E-state index contributed by atoms with van der Waals surface area (Å²) in [7, 11) is 1.76. The Morgan fingerprint density at radius 2 is 1.84 bits per heavy atom. The average molecular weight is 474 g/mol. The second kappa shape index (κ2) is 10.6. The van der Waals surface area contributed by atoms with E-state index in [2.05, 4.69) is 53.5 Å². The monoisotopic (exact) mass is 474 g/mol. The van der Waals surface area contributed by atoms with E-state index in [1.54, 1.807) is 18.4 Å². The number of nitrogens with zero attached hydrogens (tertiary/aromatic N) is 2. The Kier molecular flexibility index (Phi) is 9.20. The summed E-state index contributed by atoms with van der Waals surface area (Å²) < 4.78 is 5.89. The molecule has 0 unspecified atom stereocenters. The van der Waals surface area contributed by atoms with Gasteiger partial charge in [0.2, 0.25) is 0 Å². The predicted molar refractivity (Wildman–Crippen MR) is 117 cm³/mol. The van der Waals surface area contributed by atoms with Crippen molar-refractivity contribution in [2.24, 2.45) is 4.99 Å². The van der Waals surface area contributed by atoms with Gasteiger partial charge in [0.1, 0.15) is 17.4 Å². The van der Waals surface area contributed by atoms with E-state index in [9.17, 15) is 0 Å². The van der Waals surface area contributed by atoms with Gasteiger partial charge in [0.05, 0.1) is 18.8 Å². The molecule has 2 aromatic rings. The highest BCUT2D eigenvalue weighted by Crippen LogP contribution is 2.21. The number of ether oxygens (including phenoxy) is 1. The number of rotatable bonds is 6. The Morgan fingerprint density at radius 3 is 2.40 bits per heavy atom. The summed E-state index contributed by atoms with van der Waals surface area (Å²) in [5.74, 6) is 1.72. The first-order valence-corrected chi connectivity index (χ1v) is 8.89. The lowest BCUT2D eigenvalue weighted by molar-refractivity contribution is 0.317. The van der Waals surface area contributed by atoms with Crippen molar-refractivity contribution in [2.75, 3.05) is 20.2 Å². The summed E-state index contributed by atoms with van der Waals surface area (Å²) in [5.41, 5.74) is 3.42. The Bertz CT molecular complexity index is 675. The molecule has 0 amide bonds. The van der Waals surface area contributed by atoms with E-state index < -0.39 is 0 Å². The highest BCUT2D eigenvalue weighted by Gasteiger charge is 2.05. The van der Waals surface area contributed by atoms with E-state index in [4.69, 9.17) is 4.74 Å². The second-order valence-electron chi connectivity index (χ2n) is 5.67. The van der Waals surface area contributed by atoms with Crippen LogP contribution in [0.5, 0.6) is 5.75 Å². The second-order valence-corrected chi connectivity index (χ2v) is 6.96. The zero-order valence-corrected chi connectivity index (χ0v) is 18.6. The van der Waals surface area contributed by atoms with Gasteiger partial charge < -0.3 is 15.4 Å². The Labute approximate surface area is 171 Å². The Morgan fingerprint density at radius 1 is 1.16 bits per heavy atom. The highest BCUT2D eigenvalue weighted by molar-refractivity contribution is 14.0. The SMILES string of the molecule is CN=C(NCCOc1c(C)cccc1C)NCc1nc(C)c(C)s1.I. The fraction of sp³-hybridized carbons (Fsp3) is 0.444. The summed E-state index contributed by atoms with van der Waals surface area (Å²) in [4.78, 5) is 10.0. The molecule has 0 aliphatic carbocycles. The van der Waals surface area contributed by atoms with Crippen molar-refractivity contribution >= 4 is 41.3 Å². The third-order valence-corrected chi connectivity index (χ3v) is 4.83. The maximum atomic E-state index is 5.89. The number of aryl methyl sites for hydroxylation is 4. The van der Waals surface area contributed by atoms with E-state index in [1.165, 1.54) is 4.88 Å². The van der Waals surface area contributed by atoms with E-state index in [0.717, 1.165) is 33.5 Å². The van der Waals surface area contributed by atoms with Crippen molar-refractivity contribution in [3.05, 3.63) is 44.9 Å². The summed E-state index contributed by atoms with van der Waals surface area (Å²) in [6.07, 6.45) is 0. The first kappa shape index (κ1) is 21.7. The van der Waals surface area contributed by atoms with Gasteiger partial charge in [-0.05, 0) is 38.8 Å². The number of guanidine groups is 1. The van der Waals surface area contributed by atoms with Crippen LogP contribution in [0.3, 0.4) is 0 Å². The van der Waals surface area contributed by atoms with Gasteiger partial charge in [0, 0.05) is 11.9 Å². The molecule has 0 saturated heterocycles. The average Bonchev–Trinajstić information content (AvgIpc) is 2.87. The summed E-state index contributed by atoms with van der Waals surface area (Å²) in [5, 5.41) is 7.61. The van der Waals surface area contributed by atoms with Crippen LogP contribution in [0.1, 0.15) is 26.7 Å². The molecule has 0 aliphatic heterocycles. The van der Waals surface area contributed by atoms with Gasteiger partial charge in [0.25, 0.3) is 0 Å². The molecule has 1 aromatic carbocycles. The van der Waals surface area contributed by atoms with Crippen LogP contribution >= 0.6 is 35.3 Å². The fourth-order valence-electron chi connectivity index (χ4n) is 2.34. The van der Waals surface area contributed by atoms with E-state index in [0.29, 0.717) is 19.7 Å². The molecule has 138 valence electrons. The first-order chi connectivity index (χ1) is 11.5. The number of aliphatic imine (C=N–C) groups is 1. The third kappa shape index (κ3) is 6.47. The van der Waals surface area contributed by atoms with Crippen molar-refractivity contribution in [1.29, 1.82) is 0 Å². The molecule has 1 heterocycles. The first-order valence-electron chi connectivity index (χ1n) is 8.07. The molecular formula is C18H27IN4OS. The van der Waals surface area contributed by atoms with Crippen LogP contribution in [-0.2, 0) is 6.54 Å². The maximum Gasteiger partial charge on any atom is 0.191 e. The van der Waals surface area contributed by atoms with Crippen LogP contribution in [0.4, 0.5) is 0 Å². The van der Waals surface area contributed by atoms with Crippen molar-refractivity contribution in [2.45, 2.75) is 34.2 Å². The van der Waals surface area contributed by atoms with E-state index in [-0.39, 0.29) is 24.0 Å². The highest BCUT2D eigenvalue weighted by atomic mass is 127. The molecule has 25 heavy (non-hydrogen) atoms. The molecule has 0 saturated carbocycles. The van der Waals surface area contributed by atoms with Gasteiger partial charge in [-0.2, -0.15) is 0 Å². The van der Waals surface area contributed by atoms with Crippen LogP contribution < -0.4 is 15.4 Å². The number of para-hydroxylation sites is 1. The normalized spacial score (nSPS) is 11.0. The lowest BCUT2D eigenvalue weighted by Gasteiger charge is -2.14. The number of aromatic nitrogens is 1. The standard InChI is InChI=1S/C18H26N4OS.HI/c1-12-7-6-8-13(2)17(12)23-10-9-20-18(19-5)21-11-16-22-14(3)15(4)24-16;/h6-8H,9-11H2,1-5H3,(H2,19,20,21);1H. The van der Waals surface area contributed by atoms with Crippen molar-refractivity contribution < 1.29 is 4.74 Å². The predicted octanol–water partition coefficient (Wildman–Crippen LogP) is 3.74. The molecule has 0 bridgehead atoms. The summed E-state index contributed by atoms with van der Waals surface area (Å²) in [6.45, 7) is 10.2. The largest absolute Gasteiger partial charge is 0.491 e. The van der Waals surface area contributed by atoms with Crippen LogP contribution in [-0.4, -0.2) is 31.1 Å². The molecule has 7 heteroatoms. The topological polar surface area (TPSA) is 58.5 Å². The number of thiazole rings is 1. The van der Waals surface area contributed by atoms with Crippen LogP contribution in [0.2, 0.25) is 0 Å². The summed E-state index contributed by atoms with van der Waals surface area (Å²) >= 11 is 1.71. The molecule has 0 radical (unpaired) electrons. The zero-order chi connectivity index (χ0) is 17.5. The van der Waals surface area contributed by atoms with Gasteiger partial charge in [-0.3, -0.25) is 4.99 Å². The fourth-order valence-corrected chi connectivity index (χ4v) is 3.22. The van der Waals surface area contributed by atoms with Crippen molar-refractivity contribution in [1.82, 2.24) is 15.6 Å². The quantitative estimate of drug-likeness (QED) is 0.290. The minimum Gasteiger partial charge on any atom is -0.491 e. The smallest absolute Gasteiger partial charge is 0.191 e. The molecule has 2 N–H and O–H groups in total. The van der Waals surface area contributed by atoms with Gasteiger partial charge in [-0.15, -0.1) is 35.3 Å². The van der Waals surface area contributed by atoms with Gasteiger partial charge in [-0.25, -0.2) is 4.98 Å². The lowest BCUT2D eigenvalue weighted by atomic mass is 10.1. The van der Waals surface area contributed by atoms with Crippen LogP contribution in [0.25, 0.3) is 0 Å². The van der Waals surface area contributed by atoms with Gasteiger partial charge >= 0.3 is 0 Å². The Hall–Kier alpha value is -1.35. The number of nitrogens with one attached hydrogen (secondary N) is 2. The molecular weight excluding hydrogens is 447 g/mol. The minimum atomic E-state index is 0. The molecule has 0 spiro atoms. The minimum absolute atomic E-state index is 0. The lowest BCUT2D eigenvalue weighted by Crippen LogP contribution is -2.38. The Balaban J connectivity index is 0.00000312. The number of benzene rings is 1. The molecule has 1 aromatic heterocycles. The molecule has 2 rings (SSSR count). The number of hydrogen-bond acceptors (Lipinski definition) is 4. The van der Waals surface area contributed by atoms with E-state index in [1.807, 2.05) is 13.0 Å². The van der Waals surface area contributed by atoms with Crippen molar-refractivity contribution in [3.8, 4) is 5.75 Å². The van der Waals surface area contributed by atoms with Crippen LogP contribution in [0, 0.1) is 27.7 Å². The molecule has 0 atom stereocenters. The third-order valence-electron chi connectivity index (χ3n) is 3.75. The maximum absolute atomic E-state index is 5.89. The number of hydrogen-bond donors (Lipinski definition) is 2. The van der Waals surface area contributed by atoms with Gasteiger partial charge in [-0.1, -0.05) is 18.2 Å². The zero-order valence-electron chi connectivity index (χ0n) is 15.5.